The summed E-state index contributed by atoms with van der Waals surface area (Å²) in [6.45, 7) is 2.00. The van der Waals surface area contributed by atoms with Crippen molar-refractivity contribution in [3.63, 3.8) is 0 Å². The lowest BCUT2D eigenvalue weighted by molar-refractivity contribution is -0.384. The Bertz CT molecular complexity index is 1040. The Morgan fingerprint density at radius 3 is 2.60 bits per heavy atom. The fraction of sp³-hybridized carbons (Fsp3) is 0.250. The topological polar surface area (TPSA) is 114 Å². The molecular weight excluding hydrogens is 406 g/mol. The second-order valence-electron chi connectivity index (χ2n) is 6.59. The molecule has 0 aliphatic carbocycles. The van der Waals surface area contributed by atoms with Crippen molar-refractivity contribution in [2.24, 2.45) is 0 Å². The number of carbonyl (C=O) groups is 1. The fourth-order valence-corrected chi connectivity index (χ4v) is 3.29. The van der Waals surface area contributed by atoms with Gasteiger partial charge in [0.15, 0.2) is 0 Å². The number of aromatic nitrogens is 2. The number of para-hydroxylation sites is 1. The first-order valence-electron chi connectivity index (χ1n) is 9.10. The fourth-order valence-electron chi connectivity index (χ4n) is 2.74. The molecule has 1 unspecified atom stereocenters. The first kappa shape index (κ1) is 21.5. The van der Waals surface area contributed by atoms with Crippen molar-refractivity contribution >= 4 is 29.0 Å². The summed E-state index contributed by atoms with van der Waals surface area (Å²) in [6.07, 6.45) is 1.96. The van der Waals surface area contributed by atoms with E-state index in [1.165, 1.54) is 12.1 Å². The van der Waals surface area contributed by atoms with Crippen LogP contribution in [0.5, 0.6) is 0 Å². The lowest BCUT2D eigenvalue weighted by Crippen LogP contribution is -2.32. The zero-order chi connectivity index (χ0) is 21.7. The number of non-ortho nitro benzene ring substituents is 1. The van der Waals surface area contributed by atoms with Crippen LogP contribution in [0.1, 0.15) is 18.9 Å². The van der Waals surface area contributed by atoms with Crippen LogP contribution in [0.4, 0.5) is 11.4 Å². The molecule has 9 nitrogen and oxygen atoms in total. The van der Waals surface area contributed by atoms with Crippen LogP contribution in [0, 0.1) is 10.1 Å². The van der Waals surface area contributed by atoms with E-state index in [2.05, 4.69) is 15.5 Å². The Kier molecular flexibility index (Phi) is 6.80. The van der Waals surface area contributed by atoms with Crippen LogP contribution in [-0.2, 0) is 4.79 Å². The number of amides is 1. The number of nitrogens with one attached hydrogen (secondary N) is 1. The number of anilines is 1. The molecule has 30 heavy (non-hydrogen) atoms. The van der Waals surface area contributed by atoms with Gasteiger partial charge in [0, 0.05) is 22.6 Å². The molecule has 0 radical (unpaired) electrons. The van der Waals surface area contributed by atoms with Gasteiger partial charge >= 0.3 is 0 Å². The molecule has 156 valence electrons. The van der Waals surface area contributed by atoms with E-state index in [0.717, 1.165) is 10.6 Å². The van der Waals surface area contributed by atoms with Crippen LogP contribution in [0.25, 0.3) is 11.5 Å². The van der Waals surface area contributed by atoms with E-state index in [-0.39, 0.29) is 30.1 Å². The van der Waals surface area contributed by atoms with Gasteiger partial charge in [-0.3, -0.25) is 19.8 Å². The number of nitro benzene ring substituents is 1. The van der Waals surface area contributed by atoms with Gasteiger partial charge < -0.3 is 9.73 Å². The second kappa shape index (κ2) is 9.51. The van der Waals surface area contributed by atoms with Gasteiger partial charge in [-0.15, -0.1) is 22.0 Å². The standard InChI is InChI=1S/C20H21N5O4S/c1-13(24(2)12-18(26)21-16-6-4-5-7-17(16)30-3)19-22-23-20(29-19)14-8-10-15(11-9-14)25(27)28/h4-11,13H,12H2,1-3H3,(H,21,26). The van der Waals surface area contributed by atoms with Gasteiger partial charge in [0.2, 0.25) is 17.7 Å². The van der Waals surface area contributed by atoms with Crippen LogP contribution >= 0.6 is 11.8 Å². The Morgan fingerprint density at radius 2 is 1.93 bits per heavy atom. The van der Waals surface area contributed by atoms with Crippen molar-refractivity contribution in [2.75, 3.05) is 25.2 Å². The zero-order valence-corrected chi connectivity index (χ0v) is 17.5. The van der Waals surface area contributed by atoms with Gasteiger partial charge in [-0.1, -0.05) is 12.1 Å². The highest BCUT2D eigenvalue weighted by Crippen LogP contribution is 2.26. The first-order chi connectivity index (χ1) is 14.4. The van der Waals surface area contributed by atoms with Gasteiger partial charge in [0.1, 0.15) is 0 Å². The van der Waals surface area contributed by atoms with Crippen molar-refractivity contribution in [1.82, 2.24) is 15.1 Å². The molecule has 0 saturated heterocycles. The summed E-state index contributed by atoms with van der Waals surface area (Å²) in [6, 6.07) is 13.2. The summed E-state index contributed by atoms with van der Waals surface area (Å²) in [7, 11) is 1.79. The maximum absolute atomic E-state index is 12.5. The van der Waals surface area contributed by atoms with Crippen molar-refractivity contribution < 1.29 is 14.1 Å². The quantitative estimate of drug-likeness (QED) is 0.326. The molecule has 0 aliphatic rings. The molecular formula is C20H21N5O4S. The van der Waals surface area contributed by atoms with E-state index in [4.69, 9.17) is 4.42 Å². The first-order valence-corrected chi connectivity index (χ1v) is 10.3. The largest absolute Gasteiger partial charge is 0.419 e. The number of nitrogens with zero attached hydrogens (tertiary/aromatic N) is 4. The molecule has 3 aromatic rings. The minimum absolute atomic E-state index is 0.0133. The molecule has 10 heteroatoms. The van der Waals surface area contributed by atoms with Crippen LogP contribution in [0.2, 0.25) is 0 Å². The van der Waals surface area contributed by atoms with Gasteiger partial charge in [-0.05, 0) is 44.5 Å². The number of hydrogen-bond acceptors (Lipinski definition) is 8. The van der Waals surface area contributed by atoms with Crippen molar-refractivity contribution in [2.45, 2.75) is 17.9 Å². The zero-order valence-electron chi connectivity index (χ0n) is 16.7. The van der Waals surface area contributed by atoms with E-state index >= 15 is 0 Å². The number of hydrogen-bond donors (Lipinski definition) is 1. The van der Waals surface area contributed by atoms with Gasteiger partial charge in [0.25, 0.3) is 5.69 Å². The summed E-state index contributed by atoms with van der Waals surface area (Å²) in [5, 5.41) is 21.8. The third kappa shape index (κ3) is 5.02. The molecule has 2 aromatic carbocycles. The summed E-state index contributed by atoms with van der Waals surface area (Å²) in [4.78, 5) is 25.5. The number of benzene rings is 2. The smallest absolute Gasteiger partial charge is 0.269 e. The number of nitro groups is 1. The molecule has 0 saturated carbocycles. The average Bonchev–Trinajstić information content (AvgIpc) is 3.23. The number of rotatable bonds is 8. The highest BCUT2D eigenvalue weighted by Gasteiger charge is 2.21. The summed E-state index contributed by atoms with van der Waals surface area (Å²) in [5.74, 6) is 0.461. The molecule has 1 N–H and O–H groups in total. The number of likely N-dealkylation sites (N-methyl/N-ethyl adjacent to an activating group) is 1. The Labute approximate surface area is 177 Å². The highest BCUT2D eigenvalue weighted by atomic mass is 32.2. The minimum Gasteiger partial charge on any atom is -0.419 e. The number of thioether (sulfide) groups is 1. The maximum Gasteiger partial charge on any atom is 0.269 e. The van der Waals surface area contributed by atoms with Crippen LogP contribution in [-0.4, -0.2) is 45.8 Å². The third-order valence-electron chi connectivity index (χ3n) is 4.56. The predicted octanol–water partition coefficient (Wildman–Crippen LogP) is 4.00. The lowest BCUT2D eigenvalue weighted by atomic mass is 10.2. The molecule has 1 heterocycles. The van der Waals surface area contributed by atoms with Crippen LogP contribution in [0.3, 0.4) is 0 Å². The van der Waals surface area contributed by atoms with Gasteiger partial charge in [-0.25, -0.2) is 0 Å². The van der Waals surface area contributed by atoms with Crippen molar-refractivity contribution in [3.05, 3.63) is 64.5 Å². The molecule has 1 aromatic heterocycles. The monoisotopic (exact) mass is 427 g/mol. The molecule has 0 fully saturated rings. The second-order valence-corrected chi connectivity index (χ2v) is 7.44. The molecule has 0 bridgehead atoms. The SMILES string of the molecule is CSc1ccccc1NC(=O)CN(C)C(C)c1nnc(-c2ccc([N+](=O)[O-])cc2)o1. The van der Waals surface area contributed by atoms with Crippen molar-refractivity contribution in [3.8, 4) is 11.5 Å². The summed E-state index contributed by atoms with van der Waals surface area (Å²) >= 11 is 1.56. The van der Waals surface area contributed by atoms with Gasteiger partial charge in [0.05, 0.1) is 23.2 Å². The van der Waals surface area contributed by atoms with Gasteiger partial charge in [-0.2, -0.15) is 0 Å². The highest BCUT2D eigenvalue weighted by molar-refractivity contribution is 7.98. The minimum atomic E-state index is -0.470. The number of carbonyl (C=O) groups excluding carboxylic acids is 1. The molecule has 0 aliphatic heterocycles. The van der Waals surface area contributed by atoms with E-state index in [9.17, 15) is 14.9 Å². The lowest BCUT2D eigenvalue weighted by Gasteiger charge is -2.21. The summed E-state index contributed by atoms with van der Waals surface area (Å²) in [5.41, 5.74) is 1.34. The molecule has 1 amide bonds. The van der Waals surface area contributed by atoms with Crippen LogP contribution < -0.4 is 5.32 Å². The maximum atomic E-state index is 12.5. The van der Waals surface area contributed by atoms with Crippen LogP contribution in [0.15, 0.2) is 57.8 Å². The Balaban J connectivity index is 1.64. The molecule has 1 atom stereocenters. The predicted molar refractivity (Wildman–Crippen MR) is 114 cm³/mol. The summed E-state index contributed by atoms with van der Waals surface area (Å²) < 4.78 is 5.72. The molecule has 3 rings (SSSR count). The normalized spacial score (nSPS) is 12.0. The van der Waals surface area contributed by atoms with Crippen molar-refractivity contribution in [1.29, 1.82) is 0 Å². The van der Waals surface area contributed by atoms with E-state index in [1.54, 1.807) is 35.8 Å². The molecule has 0 spiro atoms. The Morgan fingerprint density at radius 1 is 1.23 bits per heavy atom. The third-order valence-corrected chi connectivity index (χ3v) is 5.35. The van der Waals surface area contributed by atoms with E-state index in [1.807, 2.05) is 37.4 Å². The van der Waals surface area contributed by atoms with E-state index < -0.39 is 4.92 Å². The van der Waals surface area contributed by atoms with E-state index in [0.29, 0.717) is 11.5 Å². The average molecular weight is 427 g/mol. The Hall–Kier alpha value is -3.24.